The van der Waals surface area contributed by atoms with Crippen molar-refractivity contribution in [2.45, 2.75) is 56.5 Å². The molecule has 4 nitrogen and oxygen atoms in total. The molecule has 0 spiro atoms. The van der Waals surface area contributed by atoms with Crippen molar-refractivity contribution in [3.63, 3.8) is 0 Å². The van der Waals surface area contributed by atoms with Crippen molar-refractivity contribution in [3.05, 3.63) is 35.4 Å². The maximum atomic E-state index is 12.0. The zero-order valence-electron chi connectivity index (χ0n) is 11.9. The van der Waals surface area contributed by atoms with Gasteiger partial charge in [-0.25, -0.2) is 13.1 Å². The molecule has 20 heavy (non-hydrogen) atoms. The molecule has 0 heterocycles. The van der Waals surface area contributed by atoms with Crippen LogP contribution in [0.25, 0.3) is 0 Å². The molecule has 0 aliphatic heterocycles. The Hall–Kier alpha value is -0.910. The second-order valence-electron chi connectivity index (χ2n) is 6.39. The molecule has 0 unspecified atom stereocenters. The molecule has 0 saturated heterocycles. The van der Waals surface area contributed by atoms with E-state index in [0.29, 0.717) is 6.04 Å². The van der Waals surface area contributed by atoms with Crippen molar-refractivity contribution in [2.75, 3.05) is 0 Å². The number of benzene rings is 1. The Kier molecular flexibility index (Phi) is 3.60. The van der Waals surface area contributed by atoms with Gasteiger partial charge >= 0.3 is 0 Å². The summed E-state index contributed by atoms with van der Waals surface area (Å²) in [4.78, 5) is 0. The molecule has 2 aliphatic rings. The first-order valence-corrected chi connectivity index (χ1v) is 8.92. The number of nitrogens with one attached hydrogen (secondary N) is 2. The summed E-state index contributed by atoms with van der Waals surface area (Å²) in [6.07, 6.45) is 4.44. The van der Waals surface area contributed by atoms with Crippen molar-refractivity contribution >= 4 is 10.0 Å². The lowest BCUT2D eigenvalue weighted by Crippen LogP contribution is -2.35. The van der Waals surface area contributed by atoms with Crippen LogP contribution in [0.1, 0.15) is 43.7 Å². The highest BCUT2D eigenvalue weighted by Crippen LogP contribution is 2.35. The van der Waals surface area contributed by atoms with E-state index in [1.54, 1.807) is 0 Å². The Morgan fingerprint density at radius 3 is 2.30 bits per heavy atom. The Bertz CT molecular complexity index is 572. The SMILES string of the molecule is CC1(NS(=O)(=O)Cc2ccc(CNC3CC3)cc2)CC1. The van der Waals surface area contributed by atoms with Gasteiger partial charge in [-0.2, -0.15) is 0 Å². The first kappa shape index (κ1) is 14.0. The van der Waals surface area contributed by atoms with E-state index in [-0.39, 0.29) is 11.3 Å². The van der Waals surface area contributed by atoms with Gasteiger partial charge in [-0.05, 0) is 43.7 Å². The van der Waals surface area contributed by atoms with Crippen LogP contribution < -0.4 is 10.0 Å². The van der Waals surface area contributed by atoms with Crippen LogP contribution in [-0.4, -0.2) is 20.0 Å². The molecule has 0 bridgehead atoms. The molecule has 5 heteroatoms. The van der Waals surface area contributed by atoms with E-state index in [1.807, 2.05) is 31.2 Å². The van der Waals surface area contributed by atoms with Gasteiger partial charge in [0.2, 0.25) is 10.0 Å². The van der Waals surface area contributed by atoms with Gasteiger partial charge in [0.1, 0.15) is 0 Å². The standard InChI is InChI=1S/C15H22N2O2S/c1-15(8-9-15)17-20(18,19)11-13-4-2-12(3-5-13)10-16-14-6-7-14/h2-5,14,16-17H,6-11H2,1H3. The highest BCUT2D eigenvalue weighted by atomic mass is 32.2. The second kappa shape index (κ2) is 5.13. The average Bonchev–Trinajstić information content (AvgIpc) is 3.26. The predicted octanol–water partition coefficient (Wildman–Crippen LogP) is 1.91. The third kappa shape index (κ3) is 4.04. The van der Waals surface area contributed by atoms with Crippen molar-refractivity contribution < 1.29 is 8.42 Å². The number of rotatable bonds is 7. The number of hydrogen-bond donors (Lipinski definition) is 2. The first-order valence-electron chi connectivity index (χ1n) is 7.27. The molecule has 2 fully saturated rings. The van der Waals surface area contributed by atoms with E-state index in [2.05, 4.69) is 10.0 Å². The van der Waals surface area contributed by atoms with Gasteiger partial charge < -0.3 is 5.32 Å². The third-order valence-corrected chi connectivity index (χ3v) is 5.47. The summed E-state index contributed by atoms with van der Waals surface area (Å²) in [5, 5.41) is 3.45. The summed E-state index contributed by atoms with van der Waals surface area (Å²) in [5.74, 6) is 0.0684. The smallest absolute Gasteiger partial charge is 0.216 e. The van der Waals surface area contributed by atoms with Gasteiger partial charge in [0.25, 0.3) is 0 Å². The van der Waals surface area contributed by atoms with Crippen LogP contribution in [-0.2, 0) is 22.3 Å². The molecule has 2 aliphatic carbocycles. The Morgan fingerprint density at radius 2 is 1.75 bits per heavy atom. The highest BCUT2D eigenvalue weighted by molar-refractivity contribution is 7.88. The summed E-state index contributed by atoms with van der Waals surface area (Å²) in [6.45, 7) is 2.82. The summed E-state index contributed by atoms with van der Waals surface area (Å²) in [7, 11) is -3.22. The number of sulfonamides is 1. The van der Waals surface area contributed by atoms with E-state index < -0.39 is 10.0 Å². The van der Waals surface area contributed by atoms with Crippen LogP contribution in [0.3, 0.4) is 0 Å². The van der Waals surface area contributed by atoms with Crippen LogP contribution >= 0.6 is 0 Å². The zero-order chi connectivity index (χ0) is 14.2. The zero-order valence-corrected chi connectivity index (χ0v) is 12.7. The molecule has 1 aromatic rings. The monoisotopic (exact) mass is 294 g/mol. The molecule has 2 N–H and O–H groups in total. The van der Waals surface area contributed by atoms with Crippen molar-refractivity contribution in [1.82, 2.24) is 10.0 Å². The van der Waals surface area contributed by atoms with Gasteiger partial charge in [-0.3, -0.25) is 0 Å². The van der Waals surface area contributed by atoms with E-state index in [4.69, 9.17) is 0 Å². The Morgan fingerprint density at radius 1 is 1.15 bits per heavy atom. The molecule has 1 aromatic carbocycles. The van der Waals surface area contributed by atoms with Crippen LogP contribution in [0.5, 0.6) is 0 Å². The lowest BCUT2D eigenvalue weighted by molar-refractivity contribution is 0.557. The molecule has 2 saturated carbocycles. The minimum atomic E-state index is -3.22. The van der Waals surface area contributed by atoms with Gasteiger partial charge in [0.05, 0.1) is 5.75 Å². The molecule has 0 aromatic heterocycles. The van der Waals surface area contributed by atoms with Crippen LogP contribution in [0, 0.1) is 0 Å². The molecule has 110 valence electrons. The van der Waals surface area contributed by atoms with E-state index >= 15 is 0 Å². The minimum absolute atomic E-state index is 0.0684. The fourth-order valence-electron chi connectivity index (χ4n) is 2.22. The lowest BCUT2D eigenvalue weighted by Gasteiger charge is -2.12. The molecule has 0 amide bonds. The maximum Gasteiger partial charge on any atom is 0.216 e. The quantitative estimate of drug-likeness (QED) is 0.807. The van der Waals surface area contributed by atoms with Gasteiger partial charge in [-0.1, -0.05) is 24.3 Å². The van der Waals surface area contributed by atoms with Gasteiger partial charge in [0, 0.05) is 18.1 Å². The molecule has 3 rings (SSSR count). The molecular weight excluding hydrogens is 272 g/mol. The van der Waals surface area contributed by atoms with Crippen LogP contribution in [0.15, 0.2) is 24.3 Å². The molecule has 0 atom stereocenters. The van der Waals surface area contributed by atoms with E-state index in [1.165, 1.54) is 18.4 Å². The topological polar surface area (TPSA) is 58.2 Å². The lowest BCUT2D eigenvalue weighted by atomic mass is 10.1. The highest BCUT2D eigenvalue weighted by Gasteiger charge is 2.40. The second-order valence-corrected chi connectivity index (χ2v) is 8.12. The van der Waals surface area contributed by atoms with E-state index in [0.717, 1.165) is 24.9 Å². The maximum absolute atomic E-state index is 12.0. The van der Waals surface area contributed by atoms with Gasteiger partial charge in [0.15, 0.2) is 0 Å². The molecule has 0 radical (unpaired) electrons. The van der Waals surface area contributed by atoms with Crippen molar-refractivity contribution in [1.29, 1.82) is 0 Å². The van der Waals surface area contributed by atoms with Crippen molar-refractivity contribution in [2.24, 2.45) is 0 Å². The van der Waals surface area contributed by atoms with Gasteiger partial charge in [-0.15, -0.1) is 0 Å². The van der Waals surface area contributed by atoms with Crippen LogP contribution in [0.4, 0.5) is 0 Å². The summed E-state index contributed by atoms with van der Waals surface area (Å²) < 4.78 is 26.9. The fraction of sp³-hybridized carbons (Fsp3) is 0.600. The van der Waals surface area contributed by atoms with E-state index in [9.17, 15) is 8.42 Å². The summed E-state index contributed by atoms with van der Waals surface area (Å²) >= 11 is 0. The predicted molar refractivity (Wildman–Crippen MR) is 79.7 cm³/mol. The Labute approximate surface area is 121 Å². The van der Waals surface area contributed by atoms with Crippen molar-refractivity contribution in [3.8, 4) is 0 Å². The summed E-state index contributed by atoms with van der Waals surface area (Å²) in [5.41, 5.74) is 1.87. The largest absolute Gasteiger partial charge is 0.310 e. The number of hydrogen-bond acceptors (Lipinski definition) is 3. The third-order valence-electron chi connectivity index (χ3n) is 3.95. The first-order chi connectivity index (χ1) is 9.44. The Balaban J connectivity index is 1.56. The minimum Gasteiger partial charge on any atom is -0.310 e. The summed E-state index contributed by atoms with van der Waals surface area (Å²) in [6, 6.07) is 8.55. The fourth-order valence-corrected chi connectivity index (χ4v) is 3.88. The van der Waals surface area contributed by atoms with Crippen LogP contribution in [0.2, 0.25) is 0 Å². The normalized spacial score (nSPS) is 20.9. The average molecular weight is 294 g/mol. The molecular formula is C15H22N2O2S.